The first-order valence-corrected chi connectivity index (χ1v) is 9.35. The molecule has 1 aliphatic rings. The summed E-state index contributed by atoms with van der Waals surface area (Å²) in [5.74, 6) is -2.25. The fourth-order valence-corrected chi connectivity index (χ4v) is 3.93. The van der Waals surface area contributed by atoms with E-state index in [1.807, 2.05) is 0 Å². The van der Waals surface area contributed by atoms with Gasteiger partial charge in [-0.15, -0.1) is 0 Å². The van der Waals surface area contributed by atoms with Gasteiger partial charge >= 0.3 is 15.5 Å². The number of phenolic OH excluding ortho intramolecular Hbond substituents is 1. The summed E-state index contributed by atoms with van der Waals surface area (Å²) in [5, 5.41) is 22.1. The number of rotatable bonds is 4. The molecule has 0 fully saturated rings. The molecule has 0 aromatic heterocycles. The maximum atomic E-state index is 12.9. The molecule has 0 saturated heterocycles. The molecule has 1 unspecified atom stereocenters. The number of aliphatic carboxylic acids is 1. The van der Waals surface area contributed by atoms with E-state index in [9.17, 15) is 36.6 Å². The molecule has 7 nitrogen and oxygen atoms in total. The number of carbonyl (C=O) groups is 1. The molecule has 1 aliphatic heterocycles. The molecule has 0 spiro atoms. The molecule has 1 aromatic carbocycles. The Kier molecular flexibility index (Phi) is 5.17. The second kappa shape index (κ2) is 6.55. The van der Waals surface area contributed by atoms with Crippen molar-refractivity contribution in [2.45, 2.75) is 51.3 Å². The number of carboxylic acids is 1. The number of fused-ring (bicyclic) bond motifs is 1. The lowest BCUT2D eigenvalue weighted by molar-refractivity contribution is -0.321. The van der Waals surface area contributed by atoms with Crippen molar-refractivity contribution >= 4 is 21.7 Å². The van der Waals surface area contributed by atoms with Gasteiger partial charge < -0.3 is 19.7 Å². The molecule has 1 N–H and O–H groups in total. The van der Waals surface area contributed by atoms with Gasteiger partial charge in [0, 0.05) is 17.7 Å². The smallest absolute Gasteiger partial charge is 0.516 e. The van der Waals surface area contributed by atoms with Gasteiger partial charge in [0.1, 0.15) is 11.9 Å². The lowest BCUT2D eigenvalue weighted by atomic mass is 9.96. The van der Waals surface area contributed by atoms with Crippen molar-refractivity contribution in [3.63, 3.8) is 0 Å². The Morgan fingerprint density at radius 1 is 1.33 bits per heavy atom. The van der Waals surface area contributed by atoms with Crippen LogP contribution in [0.3, 0.4) is 0 Å². The molecule has 0 saturated carbocycles. The number of hydrogen-bond acceptors (Lipinski definition) is 6. The SMILES string of the molecule is Cc1cc2c(c(O)c1C(OC(C)(C)C)C(=O)[O-])CCN2S(=O)(=O)C(F)(F)F. The van der Waals surface area contributed by atoms with Crippen molar-refractivity contribution < 1.29 is 41.3 Å². The molecule has 0 bridgehead atoms. The van der Waals surface area contributed by atoms with E-state index < -0.39 is 45.5 Å². The first-order chi connectivity index (χ1) is 12.1. The van der Waals surface area contributed by atoms with Crippen LogP contribution in [-0.2, 0) is 26.0 Å². The standard InChI is InChI=1S/C16H20F3NO6S/c1-8-7-10-9(5-6-20(10)27(24,25)16(17,18)19)12(21)11(8)13(14(22)23)26-15(2,3)4/h7,13,21H,5-6H2,1-4H3,(H,22,23)/p-1. The highest BCUT2D eigenvalue weighted by Crippen LogP contribution is 2.45. The van der Waals surface area contributed by atoms with Crippen molar-refractivity contribution in [3.8, 4) is 5.75 Å². The zero-order valence-corrected chi connectivity index (χ0v) is 15.9. The van der Waals surface area contributed by atoms with Crippen LogP contribution in [0.1, 0.15) is 43.6 Å². The summed E-state index contributed by atoms with van der Waals surface area (Å²) in [6, 6.07) is 1.10. The van der Waals surface area contributed by atoms with E-state index in [0.29, 0.717) is 0 Å². The minimum absolute atomic E-state index is 0.0639. The minimum atomic E-state index is -5.64. The molecular weight excluding hydrogens is 391 g/mol. The number of anilines is 1. The predicted molar refractivity (Wildman–Crippen MR) is 87.5 cm³/mol. The van der Waals surface area contributed by atoms with Crippen LogP contribution in [0, 0.1) is 6.92 Å². The third kappa shape index (κ3) is 3.84. The number of aryl methyl sites for hydroxylation is 1. The average molecular weight is 410 g/mol. The van der Waals surface area contributed by atoms with Crippen molar-refractivity contribution in [1.29, 1.82) is 0 Å². The van der Waals surface area contributed by atoms with Crippen LogP contribution in [0.15, 0.2) is 6.07 Å². The summed E-state index contributed by atoms with van der Waals surface area (Å²) in [6.45, 7) is 5.57. The molecule has 152 valence electrons. The van der Waals surface area contributed by atoms with Gasteiger partial charge in [-0.2, -0.15) is 21.6 Å². The van der Waals surface area contributed by atoms with E-state index in [0.717, 1.165) is 6.07 Å². The van der Waals surface area contributed by atoms with Crippen LogP contribution in [0.5, 0.6) is 5.75 Å². The van der Waals surface area contributed by atoms with Gasteiger partial charge in [0.2, 0.25) is 0 Å². The summed E-state index contributed by atoms with van der Waals surface area (Å²) in [7, 11) is -5.64. The normalized spacial score (nSPS) is 16.3. The Bertz CT molecular complexity index is 874. The van der Waals surface area contributed by atoms with E-state index in [2.05, 4.69) is 0 Å². The van der Waals surface area contributed by atoms with Crippen molar-refractivity contribution in [1.82, 2.24) is 0 Å². The zero-order valence-electron chi connectivity index (χ0n) is 15.0. The van der Waals surface area contributed by atoms with Crippen LogP contribution in [-0.4, -0.2) is 37.1 Å². The van der Waals surface area contributed by atoms with E-state index in [-0.39, 0.29) is 33.1 Å². The monoisotopic (exact) mass is 410 g/mol. The van der Waals surface area contributed by atoms with E-state index in [1.165, 1.54) is 6.92 Å². The maximum Gasteiger partial charge on any atom is 0.516 e. The van der Waals surface area contributed by atoms with Crippen molar-refractivity contribution in [2.24, 2.45) is 0 Å². The summed E-state index contributed by atoms with van der Waals surface area (Å²) in [5.41, 5.74) is -6.96. The number of hydrogen-bond donors (Lipinski definition) is 1. The van der Waals surface area contributed by atoms with Crippen LogP contribution < -0.4 is 9.41 Å². The van der Waals surface area contributed by atoms with Gasteiger partial charge in [0.15, 0.2) is 0 Å². The van der Waals surface area contributed by atoms with Gasteiger partial charge in [-0.1, -0.05) is 0 Å². The van der Waals surface area contributed by atoms with Gasteiger partial charge in [-0.25, -0.2) is 0 Å². The average Bonchev–Trinajstić information content (AvgIpc) is 2.87. The Labute approximate surface area is 154 Å². The zero-order chi connectivity index (χ0) is 20.9. The predicted octanol–water partition coefficient (Wildman–Crippen LogP) is 1.52. The third-order valence-electron chi connectivity index (χ3n) is 3.99. The second-order valence-corrected chi connectivity index (χ2v) is 9.01. The number of carboxylic acid groups (broad SMARTS) is 1. The Morgan fingerprint density at radius 3 is 2.33 bits per heavy atom. The van der Waals surface area contributed by atoms with Crippen LogP contribution in [0.4, 0.5) is 18.9 Å². The molecule has 27 heavy (non-hydrogen) atoms. The minimum Gasteiger partial charge on any atom is -0.547 e. The van der Waals surface area contributed by atoms with Crippen LogP contribution >= 0.6 is 0 Å². The Hall–Kier alpha value is -2.01. The van der Waals surface area contributed by atoms with Crippen molar-refractivity contribution in [2.75, 3.05) is 10.8 Å². The summed E-state index contributed by atoms with van der Waals surface area (Å²) >= 11 is 0. The Morgan fingerprint density at radius 2 is 1.89 bits per heavy atom. The number of alkyl halides is 3. The maximum absolute atomic E-state index is 12.9. The van der Waals surface area contributed by atoms with Crippen LogP contribution in [0.25, 0.3) is 0 Å². The highest BCUT2D eigenvalue weighted by molar-refractivity contribution is 7.93. The number of ether oxygens (including phenoxy) is 1. The van der Waals surface area contributed by atoms with Gasteiger partial charge in [0.25, 0.3) is 0 Å². The number of sulfonamides is 1. The van der Waals surface area contributed by atoms with Crippen LogP contribution in [0.2, 0.25) is 0 Å². The molecule has 0 radical (unpaired) electrons. The highest BCUT2D eigenvalue weighted by atomic mass is 32.2. The molecule has 2 rings (SSSR count). The highest BCUT2D eigenvalue weighted by Gasteiger charge is 2.52. The topological polar surface area (TPSA) is 107 Å². The summed E-state index contributed by atoms with van der Waals surface area (Å²) in [6.07, 6.45) is -1.89. The van der Waals surface area contributed by atoms with Gasteiger partial charge in [-0.3, -0.25) is 4.31 Å². The molecule has 11 heteroatoms. The van der Waals surface area contributed by atoms with E-state index in [4.69, 9.17) is 4.74 Å². The molecule has 0 aliphatic carbocycles. The number of halogens is 3. The third-order valence-corrected chi connectivity index (χ3v) is 5.54. The van der Waals surface area contributed by atoms with E-state index in [1.54, 1.807) is 20.8 Å². The first-order valence-electron chi connectivity index (χ1n) is 7.91. The fourth-order valence-electron chi connectivity index (χ4n) is 2.93. The lowest BCUT2D eigenvalue weighted by Gasteiger charge is -2.30. The summed E-state index contributed by atoms with van der Waals surface area (Å²) in [4.78, 5) is 11.5. The molecule has 1 atom stereocenters. The summed E-state index contributed by atoms with van der Waals surface area (Å²) < 4.78 is 67.7. The first kappa shape index (κ1) is 21.3. The Balaban J connectivity index is 2.62. The molecule has 1 heterocycles. The number of phenols is 1. The number of aromatic hydroxyl groups is 1. The molecule has 1 aromatic rings. The quantitative estimate of drug-likeness (QED) is 0.807. The number of carbonyl (C=O) groups excluding carboxylic acids is 1. The second-order valence-electron chi connectivity index (χ2n) is 7.16. The van der Waals surface area contributed by atoms with Gasteiger partial charge in [0.05, 0.1) is 17.3 Å². The number of nitrogens with zero attached hydrogens (tertiary/aromatic N) is 1. The molecule has 0 amide bonds. The van der Waals surface area contributed by atoms with Gasteiger partial charge in [-0.05, 0) is 45.7 Å². The van der Waals surface area contributed by atoms with E-state index >= 15 is 0 Å². The molecular formula is C16H19F3NO6S-. The number of benzene rings is 1. The largest absolute Gasteiger partial charge is 0.547 e. The van der Waals surface area contributed by atoms with Crippen molar-refractivity contribution in [3.05, 3.63) is 22.8 Å². The fraction of sp³-hybridized carbons (Fsp3) is 0.562. The lowest BCUT2D eigenvalue weighted by Crippen LogP contribution is -2.39.